The molecular weight excluding hydrogens is 276 g/mol. The van der Waals surface area contributed by atoms with Gasteiger partial charge in [0.25, 0.3) is 0 Å². The van der Waals surface area contributed by atoms with E-state index in [-0.39, 0.29) is 0 Å². The quantitative estimate of drug-likeness (QED) is 0.779. The number of nitrogens with one attached hydrogen (secondary N) is 1. The number of piperazine rings is 1. The average Bonchev–Trinajstić information content (AvgIpc) is 3.11. The van der Waals surface area contributed by atoms with Gasteiger partial charge in [-0.2, -0.15) is 10.2 Å². The van der Waals surface area contributed by atoms with Crippen molar-refractivity contribution in [3.05, 3.63) is 36.8 Å². The van der Waals surface area contributed by atoms with E-state index in [1.807, 2.05) is 40.9 Å². The molecule has 6 nitrogen and oxygen atoms in total. The Morgan fingerprint density at radius 2 is 2.23 bits per heavy atom. The van der Waals surface area contributed by atoms with Crippen LogP contribution in [0, 0.1) is 0 Å². The molecule has 1 aliphatic rings. The van der Waals surface area contributed by atoms with E-state index in [1.165, 1.54) is 5.69 Å². The smallest absolute Gasteiger partial charge is 0.120 e. The van der Waals surface area contributed by atoms with E-state index >= 15 is 0 Å². The molecule has 0 amide bonds. The maximum Gasteiger partial charge on any atom is 0.120 e. The van der Waals surface area contributed by atoms with E-state index in [9.17, 15) is 0 Å². The summed E-state index contributed by atoms with van der Waals surface area (Å²) in [6, 6.07) is 6.66. The minimum Gasteiger partial charge on any atom is -0.363 e. The van der Waals surface area contributed by atoms with E-state index in [0.29, 0.717) is 6.04 Å². The lowest BCUT2D eigenvalue weighted by Crippen LogP contribution is -2.50. The van der Waals surface area contributed by atoms with E-state index in [4.69, 9.17) is 5.10 Å². The SMILES string of the molecule is CC1CNCCN1c1c(-c2cnn(C)c2)nn2ccccc12. The zero-order valence-electron chi connectivity index (χ0n) is 12.9. The van der Waals surface area contributed by atoms with Gasteiger partial charge in [-0.1, -0.05) is 6.07 Å². The first-order valence-electron chi connectivity index (χ1n) is 7.68. The van der Waals surface area contributed by atoms with E-state index in [1.54, 1.807) is 0 Å². The molecule has 1 N–H and O–H groups in total. The lowest BCUT2D eigenvalue weighted by atomic mass is 10.1. The fourth-order valence-corrected chi connectivity index (χ4v) is 3.18. The van der Waals surface area contributed by atoms with Gasteiger partial charge in [0.05, 0.1) is 17.4 Å². The van der Waals surface area contributed by atoms with Crippen LogP contribution in [0.4, 0.5) is 5.69 Å². The van der Waals surface area contributed by atoms with Crippen LogP contribution in [-0.4, -0.2) is 45.1 Å². The van der Waals surface area contributed by atoms with Crippen molar-refractivity contribution in [1.29, 1.82) is 0 Å². The van der Waals surface area contributed by atoms with Gasteiger partial charge in [-0.15, -0.1) is 0 Å². The summed E-state index contributed by atoms with van der Waals surface area (Å²) in [6.07, 6.45) is 5.92. The molecule has 0 spiro atoms. The molecule has 0 aromatic carbocycles. The van der Waals surface area contributed by atoms with Gasteiger partial charge in [-0.3, -0.25) is 4.68 Å². The van der Waals surface area contributed by atoms with Crippen LogP contribution >= 0.6 is 0 Å². The molecule has 6 heteroatoms. The van der Waals surface area contributed by atoms with Crippen molar-refractivity contribution in [2.24, 2.45) is 7.05 Å². The number of pyridine rings is 1. The molecule has 1 unspecified atom stereocenters. The molecule has 3 aromatic rings. The number of hydrogen-bond donors (Lipinski definition) is 1. The van der Waals surface area contributed by atoms with Crippen molar-refractivity contribution in [2.45, 2.75) is 13.0 Å². The highest BCUT2D eigenvalue weighted by atomic mass is 15.3. The van der Waals surface area contributed by atoms with E-state index in [0.717, 1.165) is 36.4 Å². The van der Waals surface area contributed by atoms with Crippen LogP contribution in [0.2, 0.25) is 0 Å². The number of fused-ring (bicyclic) bond motifs is 1. The third kappa shape index (κ3) is 2.07. The largest absolute Gasteiger partial charge is 0.363 e. The zero-order valence-corrected chi connectivity index (χ0v) is 12.9. The van der Waals surface area contributed by atoms with Gasteiger partial charge >= 0.3 is 0 Å². The van der Waals surface area contributed by atoms with Crippen LogP contribution in [-0.2, 0) is 7.05 Å². The van der Waals surface area contributed by atoms with Crippen molar-refractivity contribution in [3.8, 4) is 11.3 Å². The number of nitrogens with zero attached hydrogens (tertiary/aromatic N) is 5. The van der Waals surface area contributed by atoms with Gasteiger partial charge in [0.2, 0.25) is 0 Å². The summed E-state index contributed by atoms with van der Waals surface area (Å²) in [5.41, 5.74) is 4.43. The highest BCUT2D eigenvalue weighted by Crippen LogP contribution is 2.35. The molecule has 22 heavy (non-hydrogen) atoms. The normalized spacial score (nSPS) is 19.0. The molecule has 1 atom stereocenters. The van der Waals surface area contributed by atoms with Gasteiger partial charge in [0.15, 0.2) is 0 Å². The van der Waals surface area contributed by atoms with E-state index < -0.39 is 0 Å². The Balaban J connectivity index is 1.93. The zero-order chi connectivity index (χ0) is 15.1. The topological polar surface area (TPSA) is 50.4 Å². The Kier molecular flexibility index (Phi) is 3.11. The first-order valence-corrected chi connectivity index (χ1v) is 7.68. The molecule has 3 aromatic heterocycles. The molecular formula is C16H20N6. The Morgan fingerprint density at radius 1 is 1.32 bits per heavy atom. The molecule has 4 rings (SSSR count). The Bertz CT molecular complexity index is 802. The summed E-state index contributed by atoms with van der Waals surface area (Å²) < 4.78 is 3.79. The van der Waals surface area contributed by atoms with Crippen molar-refractivity contribution in [1.82, 2.24) is 24.7 Å². The van der Waals surface area contributed by atoms with Crippen molar-refractivity contribution >= 4 is 11.2 Å². The number of aryl methyl sites for hydroxylation is 1. The van der Waals surface area contributed by atoms with Crippen LogP contribution in [0.5, 0.6) is 0 Å². The molecule has 0 bridgehead atoms. The first kappa shape index (κ1) is 13.3. The van der Waals surface area contributed by atoms with Gasteiger partial charge in [0, 0.05) is 50.7 Å². The second-order valence-electron chi connectivity index (χ2n) is 5.88. The molecule has 4 heterocycles. The number of anilines is 1. The third-order valence-corrected chi connectivity index (χ3v) is 4.28. The summed E-state index contributed by atoms with van der Waals surface area (Å²) in [4.78, 5) is 2.46. The van der Waals surface area contributed by atoms with Crippen LogP contribution < -0.4 is 10.2 Å². The highest BCUT2D eigenvalue weighted by Gasteiger charge is 2.26. The van der Waals surface area contributed by atoms with Crippen LogP contribution in [0.3, 0.4) is 0 Å². The fraction of sp³-hybridized carbons (Fsp3) is 0.375. The minimum absolute atomic E-state index is 0.442. The van der Waals surface area contributed by atoms with Crippen molar-refractivity contribution < 1.29 is 0 Å². The van der Waals surface area contributed by atoms with Crippen LogP contribution in [0.25, 0.3) is 16.8 Å². The molecule has 1 saturated heterocycles. The summed E-state index contributed by atoms with van der Waals surface area (Å²) in [5.74, 6) is 0. The maximum atomic E-state index is 4.81. The second kappa shape index (κ2) is 5.14. The Labute approximate surface area is 129 Å². The Hall–Kier alpha value is -2.34. The summed E-state index contributed by atoms with van der Waals surface area (Å²) >= 11 is 0. The standard InChI is InChI=1S/C16H20N6/c1-12-9-17-6-8-21(12)16-14-5-3-4-7-22(14)19-15(16)13-10-18-20(2)11-13/h3-5,7,10-12,17H,6,8-9H2,1-2H3. The lowest BCUT2D eigenvalue weighted by molar-refractivity contribution is 0.502. The maximum absolute atomic E-state index is 4.81. The molecule has 0 saturated carbocycles. The number of hydrogen-bond acceptors (Lipinski definition) is 4. The molecule has 0 radical (unpaired) electrons. The molecule has 1 aliphatic heterocycles. The molecule has 0 aliphatic carbocycles. The number of rotatable bonds is 2. The van der Waals surface area contributed by atoms with Crippen molar-refractivity contribution in [2.75, 3.05) is 24.5 Å². The Morgan fingerprint density at radius 3 is 3.00 bits per heavy atom. The monoisotopic (exact) mass is 296 g/mol. The first-order chi connectivity index (χ1) is 10.7. The predicted molar refractivity (Wildman–Crippen MR) is 87.1 cm³/mol. The summed E-state index contributed by atoms with van der Waals surface area (Å²) in [5, 5.41) is 12.6. The summed E-state index contributed by atoms with van der Waals surface area (Å²) in [6.45, 7) is 5.24. The summed E-state index contributed by atoms with van der Waals surface area (Å²) in [7, 11) is 1.94. The lowest BCUT2D eigenvalue weighted by Gasteiger charge is -2.35. The highest BCUT2D eigenvalue weighted by molar-refractivity contribution is 5.88. The van der Waals surface area contributed by atoms with Gasteiger partial charge in [-0.25, -0.2) is 4.52 Å². The van der Waals surface area contributed by atoms with Gasteiger partial charge < -0.3 is 10.2 Å². The molecule has 114 valence electrons. The third-order valence-electron chi connectivity index (χ3n) is 4.28. The number of aromatic nitrogens is 4. The van der Waals surface area contributed by atoms with Gasteiger partial charge in [0.1, 0.15) is 5.69 Å². The predicted octanol–water partition coefficient (Wildman–Crippen LogP) is 1.53. The minimum atomic E-state index is 0.442. The average molecular weight is 296 g/mol. The second-order valence-corrected chi connectivity index (χ2v) is 5.88. The molecule has 1 fully saturated rings. The van der Waals surface area contributed by atoms with Crippen LogP contribution in [0.1, 0.15) is 6.92 Å². The van der Waals surface area contributed by atoms with Crippen LogP contribution in [0.15, 0.2) is 36.8 Å². The van der Waals surface area contributed by atoms with E-state index in [2.05, 4.69) is 34.4 Å². The van der Waals surface area contributed by atoms with Crippen molar-refractivity contribution in [3.63, 3.8) is 0 Å². The fourth-order valence-electron chi connectivity index (χ4n) is 3.18. The van der Waals surface area contributed by atoms with Gasteiger partial charge in [-0.05, 0) is 19.1 Å².